The Balaban J connectivity index is 2.08. The van der Waals surface area contributed by atoms with E-state index in [0.717, 1.165) is 32.3 Å². The van der Waals surface area contributed by atoms with Crippen LogP contribution in [0.25, 0.3) is 0 Å². The van der Waals surface area contributed by atoms with Gasteiger partial charge in [0.25, 0.3) is 0 Å². The molecule has 1 aliphatic heterocycles. The molecule has 1 atom stereocenters. The number of morpholine rings is 1. The minimum absolute atomic E-state index is 0.263. The van der Waals surface area contributed by atoms with Crippen LogP contribution in [0.3, 0.4) is 0 Å². The van der Waals surface area contributed by atoms with E-state index in [1.807, 2.05) is 0 Å². The highest BCUT2D eigenvalue weighted by Gasteiger charge is 2.18. The summed E-state index contributed by atoms with van der Waals surface area (Å²) >= 11 is 0. The third kappa shape index (κ3) is 4.09. The van der Waals surface area contributed by atoms with Crippen LogP contribution < -0.4 is 0 Å². The second kappa shape index (κ2) is 6.82. The average Bonchev–Trinajstić information content (AvgIpc) is 2.25. The predicted octanol–water partition coefficient (Wildman–Crippen LogP) is 1.63. The Morgan fingerprint density at radius 2 is 2.29 bits per heavy atom. The standard InChI is InChI=1S/C11H20NO2/c1-2-3-4-5-6-11-9-12(10-13)7-8-14-11/h10-11H,1-9H2. The first-order valence-corrected chi connectivity index (χ1v) is 5.47. The highest BCUT2D eigenvalue weighted by Crippen LogP contribution is 2.12. The topological polar surface area (TPSA) is 29.5 Å². The number of carbonyl (C=O) groups is 1. The van der Waals surface area contributed by atoms with Gasteiger partial charge in [0.15, 0.2) is 0 Å². The van der Waals surface area contributed by atoms with Crippen LogP contribution in [0, 0.1) is 6.92 Å². The Morgan fingerprint density at radius 3 is 3.00 bits per heavy atom. The molecule has 1 rings (SSSR count). The average molecular weight is 198 g/mol. The molecule has 0 aromatic rings. The van der Waals surface area contributed by atoms with E-state index in [1.165, 1.54) is 19.3 Å². The molecule has 1 unspecified atom stereocenters. The Labute approximate surface area is 86.4 Å². The minimum Gasteiger partial charge on any atom is -0.375 e. The molecule has 1 saturated heterocycles. The zero-order valence-corrected chi connectivity index (χ0v) is 8.78. The third-order valence-corrected chi connectivity index (χ3v) is 2.60. The van der Waals surface area contributed by atoms with Gasteiger partial charge >= 0.3 is 0 Å². The summed E-state index contributed by atoms with van der Waals surface area (Å²) in [6.45, 7) is 6.02. The monoisotopic (exact) mass is 198 g/mol. The summed E-state index contributed by atoms with van der Waals surface area (Å²) in [5.74, 6) is 0. The van der Waals surface area contributed by atoms with Crippen LogP contribution in [0.15, 0.2) is 0 Å². The molecule has 0 spiro atoms. The van der Waals surface area contributed by atoms with Gasteiger partial charge in [-0.2, -0.15) is 0 Å². The number of nitrogens with zero attached hydrogens (tertiary/aromatic N) is 1. The molecule has 81 valence electrons. The quantitative estimate of drug-likeness (QED) is 0.479. The maximum atomic E-state index is 10.5. The smallest absolute Gasteiger partial charge is 0.209 e. The van der Waals surface area contributed by atoms with E-state index in [-0.39, 0.29) is 6.10 Å². The number of carbonyl (C=O) groups excluding carboxylic acids is 1. The Hall–Kier alpha value is -0.570. The first kappa shape index (κ1) is 11.5. The molecule has 1 radical (unpaired) electrons. The molecule has 0 aromatic heterocycles. The van der Waals surface area contributed by atoms with Gasteiger partial charge in [0.1, 0.15) is 0 Å². The maximum Gasteiger partial charge on any atom is 0.209 e. The fraction of sp³-hybridized carbons (Fsp3) is 0.818. The Kier molecular flexibility index (Phi) is 5.60. The molecule has 0 aliphatic carbocycles. The Bertz CT molecular complexity index is 161. The molecule has 0 aromatic carbocycles. The molecule has 3 nitrogen and oxygen atoms in total. The van der Waals surface area contributed by atoms with E-state index >= 15 is 0 Å². The summed E-state index contributed by atoms with van der Waals surface area (Å²) in [7, 11) is 0. The maximum absolute atomic E-state index is 10.5. The van der Waals surface area contributed by atoms with Crippen molar-refractivity contribution in [3.8, 4) is 0 Å². The summed E-state index contributed by atoms with van der Waals surface area (Å²) in [6, 6.07) is 0. The van der Waals surface area contributed by atoms with Crippen molar-refractivity contribution >= 4 is 6.41 Å². The number of hydrogen-bond donors (Lipinski definition) is 0. The van der Waals surface area contributed by atoms with Crippen LogP contribution in [0.2, 0.25) is 0 Å². The lowest BCUT2D eigenvalue weighted by atomic mass is 10.1. The predicted molar refractivity (Wildman–Crippen MR) is 55.8 cm³/mol. The molecular formula is C11H20NO2. The molecule has 1 heterocycles. The first-order valence-electron chi connectivity index (χ1n) is 5.47. The van der Waals surface area contributed by atoms with Gasteiger partial charge in [-0.15, -0.1) is 0 Å². The van der Waals surface area contributed by atoms with Gasteiger partial charge < -0.3 is 9.64 Å². The zero-order valence-electron chi connectivity index (χ0n) is 8.78. The number of ether oxygens (including phenoxy) is 1. The lowest BCUT2D eigenvalue weighted by Gasteiger charge is -2.30. The second-order valence-corrected chi connectivity index (χ2v) is 3.80. The first-order chi connectivity index (χ1) is 6.86. The SMILES string of the molecule is [CH2]CCCCCC1CN(C=O)CCO1. The molecule has 1 aliphatic rings. The fourth-order valence-corrected chi connectivity index (χ4v) is 1.74. The molecule has 0 N–H and O–H groups in total. The van der Waals surface area contributed by atoms with E-state index < -0.39 is 0 Å². The van der Waals surface area contributed by atoms with Crippen LogP contribution in [-0.2, 0) is 9.53 Å². The summed E-state index contributed by atoms with van der Waals surface area (Å²) < 4.78 is 5.57. The lowest BCUT2D eigenvalue weighted by Crippen LogP contribution is -2.41. The molecule has 1 fully saturated rings. The molecule has 0 bridgehead atoms. The number of unbranched alkanes of at least 4 members (excludes halogenated alkanes) is 3. The van der Waals surface area contributed by atoms with Crippen molar-refractivity contribution in [1.82, 2.24) is 4.90 Å². The normalized spacial score (nSPS) is 22.4. The zero-order chi connectivity index (χ0) is 10.2. The van der Waals surface area contributed by atoms with Gasteiger partial charge in [0.2, 0.25) is 6.41 Å². The molecule has 1 amide bonds. The van der Waals surface area contributed by atoms with Crippen LogP contribution in [0.5, 0.6) is 0 Å². The van der Waals surface area contributed by atoms with Crippen LogP contribution >= 0.6 is 0 Å². The van der Waals surface area contributed by atoms with Crippen molar-refractivity contribution in [2.24, 2.45) is 0 Å². The van der Waals surface area contributed by atoms with E-state index in [4.69, 9.17) is 4.74 Å². The number of rotatable bonds is 6. The van der Waals surface area contributed by atoms with E-state index in [2.05, 4.69) is 6.92 Å². The van der Waals surface area contributed by atoms with E-state index in [0.29, 0.717) is 6.61 Å². The fourth-order valence-electron chi connectivity index (χ4n) is 1.74. The Morgan fingerprint density at radius 1 is 1.43 bits per heavy atom. The summed E-state index contributed by atoms with van der Waals surface area (Å²) in [5.41, 5.74) is 0. The summed E-state index contributed by atoms with van der Waals surface area (Å²) in [5, 5.41) is 0. The van der Waals surface area contributed by atoms with Crippen LogP contribution in [0.4, 0.5) is 0 Å². The number of amides is 1. The highest BCUT2D eigenvalue weighted by molar-refractivity contribution is 5.47. The lowest BCUT2D eigenvalue weighted by molar-refractivity contribution is -0.125. The van der Waals surface area contributed by atoms with E-state index in [9.17, 15) is 4.79 Å². The van der Waals surface area contributed by atoms with Crippen molar-refractivity contribution in [2.45, 2.75) is 38.2 Å². The van der Waals surface area contributed by atoms with Crippen molar-refractivity contribution in [2.75, 3.05) is 19.7 Å². The van der Waals surface area contributed by atoms with Gasteiger partial charge in [0.05, 0.1) is 12.7 Å². The summed E-state index contributed by atoms with van der Waals surface area (Å²) in [6.07, 6.45) is 6.89. The largest absolute Gasteiger partial charge is 0.375 e. The molecule has 0 saturated carbocycles. The van der Waals surface area contributed by atoms with Crippen molar-refractivity contribution < 1.29 is 9.53 Å². The van der Waals surface area contributed by atoms with Crippen LogP contribution in [-0.4, -0.2) is 37.1 Å². The second-order valence-electron chi connectivity index (χ2n) is 3.80. The number of hydrogen-bond acceptors (Lipinski definition) is 2. The molecular weight excluding hydrogens is 178 g/mol. The van der Waals surface area contributed by atoms with Crippen molar-refractivity contribution in [1.29, 1.82) is 0 Å². The third-order valence-electron chi connectivity index (χ3n) is 2.60. The van der Waals surface area contributed by atoms with Crippen LogP contribution in [0.1, 0.15) is 32.1 Å². The van der Waals surface area contributed by atoms with Gasteiger partial charge in [-0.25, -0.2) is 0 Å². The summed E-state index contributed by atoms with van der Waals surface area (Å²) in [4.78, 5) is 12.3. The molecule has 14 heavy (non-hydrogen) atoms. The van der Waals surface area contributed by atoms with Crippen molar-refractivity contribution in [3.05, 3.63) is 6.92 Å². The van der Waals surface area contributed by atoms with Crippen molar-refractivity contribution in [3.63, 3.8) is 0 Å². The van der Waals surface area contributed by atoms with Gasteiger partial charge in [0, 0.05) is 13.1 Å². The molecule has 3 heteroatoms. The van der Waals surface area contributed by atoms with Gasteiger partial charge in [-0.1, -0.05) is 32.6 Å². The van der Waals surface area contributed by atoms with Gasteiger partial charge in [-0.05, 0) is 6.42 Å². The van der Waals surface area contributed by atoms with E-state index in [1.54, 1.807) is 4.90 Å². The minimum atomic E-state index is 0.263. The highest BCUT2D eigenvalue weighted by atomic mass is 16.5. The van der Waals surface area contributed by atoms with Gasteiger partial charge in [-0.3, -0.25) is 4.79 Å².